The highest BCUT2D eigenvalue weighted by Crippen LogP contribution is 2.34. The summed E-state index contributed by atoms with van der Waals surface area (Å²) in [4.78, 5) is 17.0. The maximum absolute atomic E-state index is 12.5. The van der Waals surface area contributed by atoms with Crippen LogP contribution in [-0.4, -0.2) is 62.0 Å². The highest BCUT2D eigenvalue weighted by molar-refractivity contribution is 8.15. The van der Waals surface area contributed by atoms with Crippen molar-refractivity contribution in [1.82, 2.24) is 5.32 Å². The van der Waals surface area contributed by atoms with Crippen LogP contribution in [0.2, 0.25) is 0 Å². The Hall–Kier alpha value is -2.72. The van der Waals surface area contributed by atoms with Gasteiger partial charge in [-0.3, -0.25) is 9.79 Å². The minimum atomic E-state index is -2.96. The number of sulfone groups is 1. The van der Waals surface area contributed by atoms with Gasteiger partial charge in [0, 0.05) is 23.0 Å². The van der Waals surface area contributed by atoms with Gasteiger partial charge in [-0.15, -0.1) is 0 Å². The molecule has 0 radical (unpaired) electrons. The molecule has 2 aromatic carbocycles. The fourth-order valence-corrected chi connectivity index (χ4v) is 7.59. The molecule has 0 spiro atoms. The van der Waals surface area contributed by atoms with E-state index in [-0.39, 0.29) is 28.7 Å². The standard InChI is InChI=1S/C24H29N3O5S2/c1-3-31-20-10-5-16(13-21(20)32-4-2)11-12-25-23(28)17-6-8-18(9-7-17)26-24-27-19-14-34(29,30)15-22(19)33-24/h5-10,13,19,22H,3-4,11-12,14-15H2,1-2H3,(H,25,28)(H,26,27)/t19-,22-/m1/s1. The molecule has 2 N–H and O–H groups in total. The lowest BCUT2D eigenvalue weighted by Crippen LogP contribution is -2.25. The zero-order valence-corrected chi connectivity index (χ0v) is 20.9. The summed E-state index contributed by atoms with van der Waals surface area (Å²) in [5.74, 6) is 1.60. The SMILES string of the molecule is CCOc1ccc(CCNC(=O)c2ccc(NC3=N[C@@H]4CS(=O)(=O)C[C@H]4S3)cc2)cc1OCC. The van der Waals surface area contributed by atoms with Crippen molar-refractivity contribution in [1.29, 1.82) is 0 Å². The van der Waals surface area contributed by atoms with E-state index < -0.39 is 9.84 Å². The highest BCUT2D eigenvalue weighted by Gasteiger charge is 2.42. The number of anilines is 1. The van der Waals surface area contributed by atoms with Crippen molar-refractivity contribution in [3.63, 3.8) is 0 Å². The van der Waals surface area contributed by atoms with E-state index >= 15 is 0 Å². The van der Waals surface area contributed by atoms with Crippen molar-refractivity contribution in [3.8, 4) is 11.5 Å². The molecular weight excluding hydrogens is 474 g/mol. The first-order chi connectivity index (χ1) is 16.4. The molecule has 0 aliphatic carbocycles. The van der Waals surface area contributed by atoms with Crippen LogP contribution in [0.5, 0.6) is 11.5 Å². The van der Waals surface area contributed by atoms with Crippen molar-refractivity contribution < 1.29 is 22.7 Å². The Morgan fingerprint density at radius 2 is 1.79 bits per heavy atom. The van der Waals surface area contributed by atoms with Crippen LogP contribution in [0.4, 0.5) is 5.69 Å². The molecule has 182 valence electrons. The number of benzene rings is 2. The Morgan fingerprint density at radius 3 is 2.50 bits per heavy atom. The Balaban J connectivity index is 1.27. The summed E-state index contributed by atoms with van der Waals surface area (Å²) in [5.41, 5.74) is 2.43. The Kier molecular flexibility index (Phi) is 7.67. The molecule has 0 unspecified atom stereocenters. The predicted octanol–water partition coefficient (Wildman–Crippen LogP) is 3.14. The molecule has 34 heavy (non-hydrogen) atoms. The van der Waals surface area contributed by atoms with E-state index in [4.69, 9.17) is 9.47 Å². The van der Waals surface area contributed by atoms with E-state index in [1.54, 1.807) is 12.1 Å². The number of hydrogen-bond acceptors (Lipinski definition) is 8. The number of ether oxygens (including phenoxy) is 2. The number of amidine groups is 1. The van der Waals surface area contributed by atoms with Crippen LogP contribution >= 0.6 is 11.8 Å². The molecule has 0 aromatic heterocycles. The number of thioether (sulfide) groups is 1. The molecule has 0 saturated carbocycles. The lowest BCUT2D eigenvalue weighted by molar-refractivity contribution is 0.0954. The van der Waals surface area contributed by atoms with Crippen LogP contribution in [0.15, 0.2) is 47.5 Å². The van der Waals surface area contributed by atoms with E-state index in [2.05, 4.69) is 15.6 Å². The van der Waals surface area contributed by atoms with Gasteiger partial charge >= 0.3 is 0 Å². The maximum Gasteiger partial charge on any atom is 0.251 e. The second-order valence-electron chi connectivity index (χ2n) is 8.09. The number of amides is 1. The number of aliphatic imine (C=N–C) groups is 1. The molecule has 2 heterocycles. The number of fused-ring (bicyclic) bond motifs is 1. The molecule has 1 saturated heterocycles. The molecule has 2 aromatic rings. The molecule has 1 amide bonds. The van der Waals surface area contributed by atoms with E-state index in [9.17, 15) is 13.2 Å². The monoisotopic (exact) mass is 503 g/mol. The first-order valence-electron chi connectivity index (χ1n) is 11.4. The number of hydrogen-bond donors (Lipinski definition) is 2. The van der Waals surface area contributed by atoms with Crippen molar-refractivity contribution in [2.75, 3.05) is 36.6 Å². The summed E-state index contributed by atoms with van der Waals surface area (Å²) in [6.45, 7) is 5.49. The number of nitrogens with zero attached hydrogens (tertiary/aromatic N) is 1. The lowest BCUT2D eigenvalue weighted by atomic mass is 10.1. The molecule has 1 fully saturated rings. The third kappa shape index (κ3) is 6.04. The van der Waals surface area contributed by atoms with Gasteiger partial charge in [-0.25, -0.2) is 8.42 Å². The zero-order valence-electron chi connectivity index (χ0n) is 19.2. The summed E-state index contributed by atoms with van der Waals surface area (Å²) in [6, 6.07) is 12.8. The molecule has 2 aliphatic heterocycles. The number of nitrogens with one attached hydrogen (secondary N) is 2. The largest absolute Gasteiger partial charge is 0.490 e. The summed E-state index contributed by atoms with van der Waals surface area (Å²) < 4.78 is 34.6. The fourth-order valence-electron chi connectivity index (χ4n) is 3.92. The van der Waals surface area contributed by atoms with Crippen LogP contribution in [0.25, 0.3) is 0 Å². The third-order valence-electron chi connectivity index (χ3n) is 5.52. The molecule has 2 aliphatic rings. The summed E-state index contributed by atoms with van der Waals surface area (Å²) >= 11 is 1.47. The van der Waals surface area contributed by atoms with Gasteiger partial charge in [0.25, 0.3) is 5.91 Å². The summed E-state index contributed by atoms with van der Waals surface area (Å²) in [5, 5.41) is 6.89. The summed E-state index contributed by atoms with van der Waals surface area (Å²) in [6.07, 6.45) is 0.674. The van der Waals surface area contributed by atoms with Gasteiger partial charge in [-0.2, -0.15) is 0 Å². The van der Waals surface area contributed by atoms with Gasteiger partial charge in [0.05, 0.1) is 30.8 Å². The van der Waals surface area contributed by atoms with Crippen LogP contribution in [-0.2, 0) is 16.3 Å². The van der Waals surface area contributed by atoms with Gasteiger partial charge in [0.2, 0.25) is 0 Å². The average Bonchev–Trinajstić information content (AvgIpc) is 3.28. The second-order valence-corrected chi connectivity index (χ2v) is 11.5. The Morgan fingerprint density at radius 1 is 1.06 bits per heavy atom. The van der Waals surface area contributed by atoms with E-state index in [1.165, 1.54) is 11.8 Å². The van der Waals surface area contributed by atoms with Crippen molar-refractivity contribution >= 4 is 38.4 Å². The van der Waals surface area contributed by atoms with Gasteiger partial charge in [-0.1, -0.05) is 17.8 Å². The Bertz CT molecular complexity index is 1170. The molecule has 4 rings (SSSR count). The van der Waals surface area contributed by atoms with Crippen molar-refractivity contribution in [3.05, 3.63) is 53.6 Å². The number of carbonyl (C=O) groups excluding carboxylic acids is 1. The predicted molar refractivity (Wildman–Crippen MR) is 136 cm³/mol. The van der Waals surface area contributed by atoms with Crippen molar-refractivity contribution in [2.45, 2.75) is 31.6 Å². The van der Waals surface area contributed by atoms with Gasteiger partial charge < -0.3 is 20.1 Å². The summed E-state index contributed by atoms with van der Waals surface area (Å²) in [7, 11) is -2.96. The van der Waals surface area contributed by atoms with Crippen molar-refractivity contribution in [2.24, 2.45) is 4.99 Å². The average molecular weight is 504 g/mol. The zero-order chi connectivity index (χ0) is 24.1. The minimum Gasteiger partial charge on any atom is -0.490 e. The second kappa shape index (κ2) is 10.7. The lowest BCUT2D eigenvalue weighted by Gasteiger charge is -2.13. The van der Waals surface area contributed by atoms with Crippen LogP contribution in [0.1, 0.15) is 29.8 Å². The van der Waals surface area contributed by atoms with Crippen LogP contribution in [0.3, 0.4) is 0 Å². The van der Waals surface area contributed by atoms with Gasteiger partial charge in [0.1, 0.15) is 0 Å². The van der Waals surface area contributed by atoms with E-state index in [1.807, 2.05) is 44.2 Å². The molecule has 10 heteroatoms. The van der Waals surface area contributed by atoms with Crippen LogP contribution in [0, 0.1) is 0 Å². The smallest absolute Gasteiger partial charge is 0.251 e. The molecule has 0 bridgehead atoms. The first-order valence-corrected chi connectivity index (χ1v) is 14.1. The molecule has 2 atom stereocenters. The first kappa shape index (κ1) is 24.4. The van der Waals surface area contributed by atoms with E-state index in [0.717, 1.165) is 22.2 Å². The topological polar surface area (TPSA) is 106 Å². The van der Waals surface area contributed by atoms with Gasteiger partial charge in [0.15, 0.2) is 26.5 Å². The third-order valence-corrected chi connectivity index (χ3v) is 8.67. The normalized spacial score (nSPS) is 20.4. The van der Waals surface area contributed by atoms with Crippen LogP contribution < -0.4 is 20.1 Å². The highest BCUT2D eigenvalue weighted by atomic mass is 32.2. The molecular formula is C24H29N3O5S2. The number of carbonyl (C=O) groups is 1. The van der Waals surface area contributed by atoms with Gasteiger partial charge in [-0.05, 0) is 62.2 Å². The number of rotatable bonds is 9. The maximum atomic E-state index is 12.5. The fraction of sp³-hybridized carbons (Fsp3) is 0.417. The minimum absolute atomic E-state index is 0.00228. The van der Waals surface area contributed by atoms with E-state index in [0.29, 0.717) is 37.5 Å². The molecule has 8 nitrogen and oxygen atoms in total. The Labute approximate surface area is 204 Å². The quantitative estimate of drug-likeness (QED) is 0.542.